The van der Waals surface area contributed by atoms with Crippen LogP contribution < -0.4 is 21.3 Å². The number of benzene rings is 2. The van der Waals surface area contributed by atoms with Gasteiger partial charge in [0.1, 0.15) is 17.9 Å². The molecule has 2 aromatic carbocycles. The van der Waals surface area contributed by atoms with Crippen LogP contribution in [0.2, 0.25) is 23.2 Å². The van der Waals surface area contributed by atoms with Crippen molar-refractivity contribution in [2.45, 2.75) is 58.2 Å². The van der Waals surface area contributed by atoms with Crippen LogP contribution in [0.3, 0.4) is 0 Å². The number of hydrogen-bond donors (Lipinski definition) is 3. The van der Waals surface area contributed by atoms with Crippen LogP contribution in [-0.4, -0.2) is 31.5 Å². The Morgan fingerprint density at radius 1 is 1.03 bits per heavy atom. The number of fused-ring (bicyclic) bond motifs is 1. The molecule has 190 valence electrons. The smallest absolute Gasteiger partial charge is 0.191 e. The maximum absolute atomic E-state index is 13.4. The standard InChI is InChI=1S/C25H35ClFN5O2Si/c1-25(2,3)35(4,5)34-12-8-6-7-11-33-23-15-22-18(14-21(23)28)24(30-16-29-22)32-31-17-9-10-20(27)19(26)13-17/h9-10,13-16,31H,6-8,11-12,28H2,1-5H3,(H,29,30,32). The molecule has 0 saturated heterocycles. The summed E-state index contributed by atoms with van der Waals surface area (Å²) in [4.78, 5) is 8.61. The lowest BCUT2D eigenvalue weighted by Crippen LogP contribution is -2.40. The molecule has 35 heavy (non-hydrogen) atoms. The van der Waals surface area contributed by atoms with E-state index in [1.54, 1.807) is 12.1 Å². The molecule has 0 aliphatic carbocycles. The number of nitrogens with zero attached hydrogens (tertiary/aromatic N) is 2. The molecule has 0 unspecified atom stereocenters. The Balaban J connectivity index is 1.52. The average Bonchev–Trinajstić information content (AvgIpc) is 2.78. The second kappa shape index (κ2) is 11.4. The Hall–Kier alpha value is -2.62. The summed E-state index contributed by atoms with van der Waals surface area (Å²) in [6.45, 7) is 12.7. The van der Waals surface area contributed by atoms with Crippen molar-refractivity contribution in [1.29, 1.82) is 0 Å². The van der Waals surface area contributed by atoms with Gasteiger partial charge in [-0.15, -0.1) is 0 Å². The Morgan fingerprint density at radius 3 is 2.49 bits per heavy atom. The van der Waals surface area contributed by atoms with Crippen molar-refractivity contribution in [3.05, 3.63) is 47.5 Å². The number of hydrogen-bond acceptors (Lipinski definition) is 7. The molecule has 4 N–H and O–H groups in total. The van der Waals surface area contributed by atoms with E-state index >= 15 is 0 Å². The Kier molecular flexibility index (Phi) is 8.79. The molecule has 3 rings (SSSR count). The molecule has 0 bridgehead atoms. The predicted molar refractivity (Wildman–Crippen MR) is 145 cm³/mol. The van der Waals surface area contributed by atoms with E-state index < -0.39 is 14.1 Å². The second-order valence-electron chi connectivity index (χ2n) is 10.0. The minimum Gasteiger partial charge on any atom is -0.491 e. The number of nitrogens with one attached hydrogen (secondary N) is 2. The lowest BCUT2D eigenvalue weighted by Gasteiger charge is -2.36. The highest BCUT2D eigenvalue weighted by atomic mass is 35.5. The maximum Gasteiger partial charge on any atom is 0.191 e. The molecule has 7 nitrogen and oxygen atoms in total. The van der Waals surface area contributed by atoms with Gasteiger partial charge in [0.25, 0.3) is 0 Å². The fraction of sp³-hybridized carbons (Fsp3) is 0.440. The first-order chi connectivity index (χ1) is 16.5. The molecule has 0 atom stereocenters. The van der Waals surface area contributed by atoms with Crippen LogP contribution in [-0.2, 0) is 4.43 Å². The van der Waals surface area contributed by atoms with E-state index in [2.05, 4.69) is 54.7 Å². The number of ether oxygens (including phenoxy) is 1. The van der Waals surface area contributed by atoms with Gasteiger partial charge in [-0.25, -0.2) is 14.4 Å². The molecule has 1 aromatic heterocycles. The molecule has 0 amide bonds. The van der Waals surface area contributed by atoms with E-state index in [-0.39, 0.29) is 10.1 Å². The molecule has 1 heterocycles. The topological polar surface area (TPSA) is 94.3 Å². The highest BCUT2D eigenvalue weighted by Crippen LogP contribution is 2.36. The fourth-order valence-electron chi connectivity index (χ4n) is 3.14. The van der Waals surface area contributed by atoms with Crippen molar-refractivity contribution < 1.29 is 13.6 Å². The van der Waals surface area contributed by atoms with Crippen LogP contribution >= 0.6 is 11.6 Å². The maximum atomic E-state index is 13.4. The summed E-state index contributed by atoms with van der Waals surface area (Å²) in [6, 6.07) is 7.92. The minimum absolute atomic E-state index is 0.0264. The summed E-state index contributed by atoms with van der Waals surface area (Å²) in [7, 11) is -1.68. The second-order valence-corrected chi connectivity index (χ2v) is 15.2. The number of nitrogens with two attached hydrogens (primary N) is 1. The minimum atomic E-state index is -1.68. The summed E-state index contributed by atoms with van der Waals surface area (Å²) < 4.78 is 25.5. The molecular formula is C25H35ClFN5O2Si. The normalized spacial score (nSPS) is 12.1. The lowest BCUT2D eigenvalue weighted by molar-refractivity contribution is 0.264. The third-order valence-electron chi connectivity index (χ3n) is 6.33. The number of nitrogen functional groups attached to an aromatic ring is 1. The van der Waals surface area contributed by atoms with Gasteiger partial charge < -0.3 is 14.9 Å². The monoisotopic (exact) mass is 519 g/mol. The highest BCUT2D eigenvalue weighted by Gasteiger charge is 2.36. The van der Waals surface area contributed by atoms with Crippen molar-refractivity contribution >= 4 is 48.0 Å². The summed E-state index contributed by atoms with van der Waals surface area (Å²) in [6.07, 6.45) is 4.40. The zero-order chi connectivity index (χ0) is 25.6. The van der Waals surface area contributed by atoms with E-state index in [9.17, 15) is 4.39 Å². The van der Waals surface area contributed by atoms with Crippen LogP contribution in [0, 0.1) is 5.82 Å². The average molecular weight is 520 g/mol. The van der Waals surface area contributed by atoms with Gasteiger partial charge in [-0.2, -0.15) is 0 Å². The summed E-state index contributed by atoms with van der Waals surface area (Å²) in [5.41, 5.74) is 14.0. The van der Waals surface area contributed by atoms with Crippen molar-refractivity contribution in [1.82, 2.24) is 9.97 Å². The number of rotatable bonds is 11. The summed E-state index contributed by atoms with van der Waals surface area (Å²) >= 11 is 5.84. The first kappa shape index (κ1) is 27.0. The van der Waals surface area contributed by atoms with E-state index in [4.69, 9.17) is 26.5 Å². The molecular weight excluding hydrogens is 485 g/mol. The van der Waals surface area contributed by atoms with Gasteiger partial charge in [-0.1, -0.05) is 32.4 Å². The third-order valence-corrected chi connectivity index (χ3v) is 11.2. The predicted octanol–water partition coefficient (Wildman–Crippen LogP) is 7.01. The van der Waals surface area contributed by atoms with Gasteiger partial charge in [0.15, 0.2) is 14.1 Å². The molecule has 0 aliphatic rings. The van der Waals surface area contributed by atoms with E-state index in [1.165, 1.54) is 18.5 Å². The van der Waals surface area contributed by atoms with Crippen LogP contribution in [0.4, 0.5) is 21.6 Å². The van der Waals surface area contributed by atoms with Crippen LogP contribution in [0.1, 0.15) is 40.0 Å². The van der Waals surface area contributed by atoms with E-state index in [0.717, 1.165) is 31.3 Å². The van der Waals surface area contributed by atoms with Gasteiger partial charge >= 0.3 is 0 Å². The molecule has 3 aromatic rings. The molecule has 0 spiro atoms. The zero-order valence-corrected chi connectivity index (χ0v) is 22.8. The number of unbranched alkanes of at least 4 members (excludes halogenated alkanes) is 2. The molecule has 0 fully saturated rings. The van der Waals surface area contributed by atoms with E-state index in [1.807, 2.05) is 6.07 Å². The number of hydrazine groups is 1. The Bertz CT molecular complexity index is 1160. The van der Waals surface area contributed by atoms with Crippen LogP contribution in [0.25, 0.3) is 10.9 Å². The van der Waals surface area contributed by atoms with Gasteiger partial charge in [0, 0.05) is 18.1 Å². The Labute approximate surface area is 212 Å². The van der Waals surface area contributed by atoms with Crippen LogP contribution in [0.5, 0.6) is 5.75 Å². The van der Waals surface area contributed by atoms with Gasteiger partial charge in [0.2, 0.25) is 0 Å². The first-order valence-electron chi connectivity index (χ1n) is 11.8. The van der Waals surface area contributed by atoms with Gasteiger partial charge in [-0.3, -0.25) is 10.9 Å². The van der Waals surface area contributed by atoms with Crippen molar-refractivity contribution in [3.8, 4) is 5.75 Å². The van der Waals surface area contributed by atoms with Gasteiger partial charge in [0.05, 0.1) is 28.5 Å². The van der Waals surface area contributed by atoms with Crippen molar-refractivity contribution in [2.75, 3.05) is 29.8 Å². The number of anilines is 3. The van der Waals surface area contributed by atoms with E-state index in [0.29, 0.717) is 35.1 Å². The first-order valence-corrected chi connectivity index (χ1v) is 15.0. The molecule has 10 heteroatoms. The lowest BCUT2D eigenvalue weighted by atomic mass is 10.2. The molecule has 0 saturated carbocycles. The largest absolute Gasteiger partial charge is 0.491 e. The highest BCUT2D eigenvalue weighted by molar-refractivity contribution is 6.74. The zero-order valence-electron chi connectivity index (χ0n) is 21.0. The molecule has 0 aliphatic heterocycles. The number of halogens is 2. The van der Waals surface area contributed by atoms with Crippen molar-refractivity contribution in [3.63, 3.8) is 0 Å². The third kappa shape index (κ3) is 7.19. The van der Waals surface area contributed by atoms with Crippen LogP contribution in [0.15, 0.2) is 36.7 Å². The quantitative estimate of drug-likeness (QED) is 0.108. The SMILES string of the molecule is CC(C)(C)[Si](C)(C)OCCCCCOc1cc2ncnc(NNc3ccc(F)c(Cl)c3)c2cc1N. The Morgan fingerprint density at radius 2 is 1.77 bits per heavy atom. The summed E-state index contributed by atoms with van der Waals surface area (Å²) in [5, 5.41) is 0.979. The number of aromatic nitrogens is 2. The van der Waals surface area contributed by atoms with Gasteiger partial charge in [-0.05, 0) is 61.7 Å². The molecule has 0 radical (unpaired) electrons. The summed E-state index contributed by atoms with van der Waals surface area (Å²) in [5.74, 6) is 0.637. The fourth-order valence-corrected chi connectivity index (χ4v) is 4.41. The van der Waals surface area contributed by atoms with Crippen molar-refractivity contribution in [2.24, 2.45) is 0 Å².